The number of benzene rings is 3. The Hall–Kier alpha value is -5.26. The van der Waals surface area contributed by atoms with Crippen molar-refractivity contribution in [3.8, 4) is 11.5 Å². The molecule has 42 heavy (non-hydrogen) atoms. The fraction of sp³-hybridized carbons (Fsp3) is 0.267. The van der Waals surface area contributed by atoms with Crippen molar-refractivity contribution in [2.24, 2.45) is 20.5 Å². The fourth-order valence-corrected chi connectivity index (χ4v) is 3.67. The summed E-state index contributed by atoms with van der Waals surface area (Å²) in [5.74, 6) is -1.02. The molecule has 0 spiro atoms. The monoisotopic (exact) mass is 572 g/mol. The van der Waals surface area contributed by atoms with Crippen LogP contribution >= 0.6 is 0 Å². The number of azo groups is 2. The molecular weight excluding hydrogens is 540 g/mol. The number of hydrogen-bond donors (Lipinski definition) is 2. The molecule has 0 aliphatic carbocycles. The van der Waals surface area contributed by atoms with E-state index in [1.807, 2.05) is 0 Å². The molecule has 0 fully saturated rings. The second-order valence-electron chi connectivity index (χ2n) is 9.31. The minimum absolute atomic E-state index is 0.420. The Morgan fingerprint density at radius 1 is 0.619 bits per heavy atom. The van der Waals surface area contributed by atoms with Crippen LogP contribution in [0, 0.1) is 13.8 Å². The van der Waals surface area contributed by atoms with E-state index in [1.54, 1.807) is 74.5 Å². The van der Waals surface area contributed by atoms with Crippen molar-refractivity contribution in [2.75, 3.05) is 24.9 Å². The highest BCUT2D eigenvalue weighted by Gasteiger charge is 2.26. The lowest BCUT2D eigenvalue weighted by molar-refractivity contribution is -0.127. The first-order valence-electron chi connectivity index (χ1n) is 12.9. The van der Waals surface area contributed by atoms with E-state index in [9.17, 15) is 19.2 Å². The predicted molar refractivity (Wildman–Crippen MR) is 157 cm³/mol. The topological polar surface area (TPSA) is 160 Å². The quantitative estimate of drug-likeness (QED) is 0.210. The highest BCUT2D eigenvalue weighted by molar-refractivity contribution is 6.11. The Kier molecular flexibility index (Phi) is 10.7. The number of Topliss-reactive ketones (excluding diaryl/α,β-unsaturated/α-hetero) is 2. The van der Waals surface area contributed by atoms with Gasteiger partial charge in [0.1, 0.15) is 11.5 Å². The third-order valence-electron chi connectivity index (χ3n) is 6.08. The summed E-state index contributed by atoms with van der Waals surface area (Å²) >= 11 is 0. The highest BCUT2D eigenvalue weighted by atomic mass is 16.5. The number of hydrogen-bond acceptors (Lipinski definition) is 10. The summed E-state index contributed by atoms with van der Waals surface area (Å²) in [4.78, 5) is 50.3. The largest absolute Gasteiger partial charge is 0.497 e. The number of rotatable bonds is 12. The lowest BCUT2D eigenvalue weighted by Gasteiger charge is -2.16. The summed E-state index contributed by atoms with van der Waals surface area (Å²) in [7, 11) is 3.08. The minimum Gasteiger partial charge on any atom is -0.497 e. The third-order valence-corrected chi connectivity index (χ3v) is 6.08. The predicted octanol–water partition coefficient (Wildman–Crippen LogP) is 5.68. The zero-order valence-corrected chi connectivity index (χ0v) is 24.2. The standard InChI is InChI=1S/C30H32N6O6/c1-17-15-26(32-30(40)28(20(4)38)36-34-22-9-13-24(42-6)14-10-22)18(2)16-25(17)31-29(39)27(19(3)37)35-33-21-7-11-23(41-5)12-8-21/h7-16,27-28H,1-6H3,(H,31,39)(H,32,40). The van der Waals surface area contributed by atoms with E-state index < -0.39 is 35.5 Å². The van der Waals surface area contributed by atoms with Gasteiger partial charge in [-0.25, -0.2) is 0 Å². The van der Waals surface area contributed by atoms with Gasteiger partial charge in [0.05, 0.1) is 25.6 Å². The van der Waals surface area contributed by atoms with Gasteiger partial charge in [-0.3, -0.25) is 19.2 Å². The molecule has 0 bridgehead atoms. The molecule has 218 valence electrons. The van der Waals surface area contributed by atoms with Gasteiger partial charge in [0, 0.05) is 11.4 Å². The van der Waals surface area contributed by atoms with Gasteiger partial charge in [-0.05, 0) is 99.5 Å². The van der Waals surface area contributed by atoms with E-state index in [2.05, 4.69) is 31.1 Å². The van der Waals surface area contributed by atoms with E-state index in [-0.39, 0.29) is 0 Å². The van der Waals surface area contributed by atoms with Gasteiger partial charge in [-0.1, -0.05) is 0 Å². The first-order chi connectivity index (χ1) is 20.0. The molecule has 2 atom stereocenters. The van der Waals surface area contributed by atoms with E-state index in [1.165, 1.54) is 28.1 Å². The van der Waals surface area contributed by atoms with Crippen LogP contribution in [0.2, 0.25) is 0 Å². The molecule has 12 nitrogen and oxygen atoms in total. The van der Waals surface area contributed by atoms with Crippen molar-refractivity contribution < 1.29 is 28.7 Å². The first kappa shape index (κ1) is 31.3. The van der Waals surface area contributed by atoms with Gasteiger partial charge < -0.3 is 20.1 Å². The molecule has 3 aromatic carbocycles. The van der Waals surface area contributed by atoms with Gasteiger partial charge in [0.2, 0.25) is 12.1 Å². The number of anilines is 2. The van der Waals surface area contributed by atoms with Crippen LogP contribution in [0.25, 0.3) is 0 Å². The average Bonchev–Trinajstić information content (AvgIpc) is 2.96. The van der Waals surface area contributed by atoms with Crippen molar-refractivity contribution >= 4 is 46.1 Å². The van der Waals surface area contributed by atoms with Crippen LogP contribution in [0.15, 0.2) is 81.1 Å². The second-order valence-corrected chi connectivity index (χ2v) is 9.31. The van der Waals surface area contributed by atoms with E-state index in [0.717, 1.165) is 0 Å². The Bertz CT molecular complexity index is 1400. The maximum atomic E-state index is 12.9. The Balaban J connectivity index is 1.72. The molecule has 0 saturated heterocycles. The second kappa shape index (κ2) is 14.4. The van der Waals surface area contributed by atoms with Crippen LogP contribution in [0.4, 0.5) is 22.7 Å². The summed E-state index contributed by atoms with van der Waals surface area (Å²) < 4.78 is 10.2. The summed E-state index contributed by atoms with van der Waals surface area (Å²) in [6.45, 7) is 5.95. The zero-order chi connectivity index (χ0) is 30.8. The number of nitrogens with zero attached hydrogens (tertiary/aromatic N) is 4. The van der Waals surface area contributed by atoms with E-state index in [4.69, 9.17) is 9.47 Å². The molecule has 0 heterocycles. The lowest BCUT2D eigenvalue weighted by atomic mass is 10.1. The Labute approximate surface area is 243 Å². The van der Waals surface area contributed by atoms with Gasteiger partial charge in [-0.2, -0.15) is 20.5 Å². The summed E-state index contributed by atoms with van der Waals surface area (Å²) in [5.41, 5.74) is 2.94. The molecule has 0 radical (unpaired) electrons. The molecule has 2 unspecified atom stereocenters. The van der Waals surface area contributed by atoms with Gasteiger partial charge in [0.25, 0.3) is 11.8 Å². The molecule has 12 heteroatoms. The molecule has 0 aromatic heterocycles. The normalized spacial score (nSPS) is 12.5. The van der Waals surface area contributed by atoms with Crippen molar-refractivity contribution in [2.45, 2.75) is 39.8 Å². The van der Waals surface area contributed by atoms with Crippen molar-refractivity contribution in [1.82, 2.24) is 0 Å². The average molecular weight is 573 g/mol. The summed E-state index contributed by atoms with van der Waals surface area (Å²) in [5, 5.41) is 21.3. The number of amides is 2. The van der Waals surface area contributed by atoms with Crippen LogP contribution < -0.4 is 20.1 Å². The van der Waals surface area contributed by atoms with E-state index in [0.29, 0.717) is 45.4 Å². The Morgan fingerprint density at radius 3 is 1.24 bits per heavy atom. The smallest absolute Gasteiger partial charge is 0.258 e. The minimum atomic E-state index is -1.36. The molecule has 0 aliphatic heterocycles. The van der Waals surface area contributed by atoms with Crippen molar-refractivity contribution in [3.05, 3.63) is 71.8 Å². The maximum Gasteiger partial charge on any atom is 0.258 e. The van der Waals surface area contributed by atoms with Crippen LogP contribution in [0.5, 0.6) is 11.5 Å². The summed E-state index contributed by atoms with van der Waals surface area (Å²) in [6, 6.07) is 13.9. The first-order valence-corrected chi connectivity index (χ1v) is 12.9. The van der Waals surface area contributed by atoms with Crippen molar-refractivity contribution in [3.63, 3.8) is 0 Å². The fourth-order valence-electron chi connectivity index (χ4n) is 3.67. The lowest BCUT2D eigenvalue weighted by Crippen LogP contribution is -2.32. The molecule has 0 saturated carbocycles. The number of ketones is 2. The molecule has 2 amide bonds. The van der Waals surface area contributed by atoms with Crippen LogP contribution in [-0.2, 0) is 19.2 Å². The van der Waals surface area contributed by atoms with Gasteiger partial charge in [0.15, 0.2) is 11.6 Å². The van der Waals surface area contributed by atoms with Crippen LogP contribution in [-0.4, -0.2) is 49.7 Å². The zero-order valence-electron chi connectivity index (χ0n) is 24.2. The third kappa shape index (κ3) is 8.37. The van der Waals surface area contributed by atoms with Gasteiger partial charge >= 0.3 is 0 Å². The molecule has 3 aromatic rings. The number of carbonyl (C=O) groups excluding carboxylic acids is 4. The summed E-state index contributed by atoms with van der Waals surface area (Å²) in [6.07, 6.45) is 0. The molecule has 3 rings (SSSR count). The SMILES string of the molecule is COc1ccc(N=NC(C(C)=O)C(=O)Nc2cc(C)c(NC(=O)C(N=Nc3ccc(OC)cc3)C(C)=O)cc2C)cc1. The van der Waals surface area contributed by atoms with Gasteiger partial charge in [-0.15, -0.1) is 0 Å². The molecular formula is C30H32N6O6. The number of ether oxygens (including phenoxy) is 2. The van der Waals surface area contributed by atoms with E-state index >= 15 is 0 Å². The molecule has 0 aliphatic rings. The highest BCUT2D eigenvalue weighted by Crippen LogP contribution is 2.26. The maximum absolute atomic E-state index is 12.9. The molecule has 2 N–H and O–H groups in total. The number of carbonyl (C=O) groups is 4. The van der Waals surface area contributed by atoms with Crippen LogP contribution in [0.1, 0.15) is 25.0 Å². The van der Waals surface area contributed by atoms with Crippen molar-refractivity contribution in [1.29, 1.82) is 0 Å². The number of nitrogens with one attached hydrogen (secondary N) is 2. The van der Waals surface area contributed by atoms with Crippen LogP contribution in [0.3, 0.4) is 0 Å². The Morgan fingerprint density at radius 2 is 0.952 bits per heavy atom. The number of aryl methyl sites for hydroxylation is 2. The number of methoxy groups -OCH3 is 2.